The van der Waals surface area contributed by atoms with Crippen LogP contribution in [0.15, 0.2) is 23.1 Å². The van der Waals surface area contributed by atoms with Crippen molar-refractivity contribution in [3.8, 4) is 5.75 Å². The molecule has 1 aromatic carbocycles. The summed E-state index contributed by atoms with van der Waals surface area (Å²) in [6, 6.07) is 4.93. The molecule has 1 aromatic rings. The summed E-state index contributed by atoms with van der Waals surface area (Å²) in [5, 5.41) is 2.77. The molecule has 0 radical (unpaired) electrons. The molecule has 0 bridgehead atoms. The van der Waals surface area contributed by atoms with Gasteiger partial charge in [-0.3, -0.25) is 4.79 Å². The molecule has 0 spiro atoms. The maximum Gasteiger partial charge on any atom is 0.217 e. The van der Waals surface area contributed by atoms with Crippen molar-refractivity contribution in [1.82, 2.24) is 5.32 Å². The summed E-state index contributed by atoms with van der Waals surface area (Å²) in [5.74, 6) is 0.730. The molecule has 19 heavy (non-hydrogen) atoms. The Labute approximate surface area is 120 Å². The lowest BCUT2D eigenvalue weighted by molar-refractivity contribution is -0.119. The molecule has 106 valence electrons. The van der Waals surface area contributed by atoms with Gasteiger partial charge in [-0.15, -0.1) is 0 Å². The van der Waals surface area contributed by atoms with Gasteiger partial charge in [0.05, 0.1) is 7.11 Å². The Balaban J connectivity index is 2.92. The van der Waals surface area contributed by atoms with Crippen LogP contribution in [-0.2, 0) is 22.3 Å². The lowest BCUT2D eigenvalue weighted by Gasteiger charge is -2.16. The van der Waals surface area contributed by atoms with E-state index in [1.807, 2.05) is 0 Å². The summed E-state index contributed by atoms with van der Waals surface area (Å²) < 4.78 is 25.4. The smallest absolute Gasteiger partial charge is 0.217 e. The molecule has 0 fully saturated rings. The molecule has 1 unspecified atom stereocenters. The van der Waals surface area contributed by atoms with Crippen LogP contribution in [0.2, 0.25) is 0 Å². The maximum atomic E-state index is 11.2. The Morgan fingerprint density at radius 3 is 2.74 bits per heavy atom. The van der Waals surface area contributed by atoms with E-state index in [0.29, 0.717) is 17.9 Å². The van der Waals surface area contributed by atoms with E-state index in [1.165, 1.54) is 14.0 Å². The van der Waals surface area contributed by atoms with Crippen LogP contribution in [0.25, 0.3) is 0 Å². The summed E-state index contributed by atoms with van der Waals surface area (Å²) in [6.45, 7) is 1.44. The number of benzene rings is 1. The van der Waals surface area contributed by atoms with Crippen molar-refractivity contribution in [2.45, 2.75) is 24.3 Å². The number of hydrogen-bond acceptors (Lipinski definition) is 4. The highest BCUT2D eigenvalue weighted by atomic mass is 32.2. The molecule has 2 atom stereocenters. The fraction of sp³-hybridized carbons (Fsp3) is 0.417. The van der Waals surface area contributed by atoms with E-state index in [1.54, 1.807) is 18.2 Å². The summed E-state index contributed by atoms with van der Waals surface area (Å²) in [5.41, 5.74) is 0.839. The van der Waals surface area contributed by atoms with E-state index in [-0.39, 0.29) is 16.8 Å². The lowest BCUT2D eigenvalue weighted by atomic mass is 10.1. The first-order chi connectivity index (χ1) is 8.97. The Morgan fingerprint density at radius 2 is 2.26 bits per heavy atom. The Hall–Kier alpha value is -1.05. The standard InChI is InChI=1S/C12H17NO4S2/c1-8(14)13-10(7-18)5-9-3-4-11(17-2)12(6-9)19(15)16/h3-4,6,10,18H,5,7H2,1-2H3,(H,13,14)(H,15,16)/t10-/m0/s1. The highest BCUT2D eigenvalue weighted by Crippen LogP contribution is 2.23. The molecular weight excluding hydrogens is 286 g/mol. The third-order valence-corrected chi connectivity index (χ3v) is 3.66. The minimum atomic E-state index is -2.11. The number of methoxy groups -OCH3 is 1. The summed E-state index contributed by atoms with van der Waals surface area (Å²) in [6.07, 6.45) is 0.539. The number of carbonyl (C=O) groups is 1. The van der Waals surface area contributed by atoms with Crippen LogP contribution in [0, 0.1) is 0 Å². The van der Waals surface area contributed by atoms with E-state index in [9.17, 15) is 13.6 Å². The van der Waals surface area contributed by atoms with Crippen LogP contribution < -0.4 is 10.1 Å². The van der Waals surface area contributed by atoms with E-state index in [0.717, 1.165) is 5.56 Å². The van der Waals surface area contributed by atoms with Crippen LogP contribution in [0.3, 0.4) is 0 Å². The van der Waals surface area contributed by atoms with Crippen molar-refractivity contribution >= 4 is 29.6 Å². The molecule has 1 amide bonds. The molecule has 0 saturated carbocycles. The molecule has 5 nitrogen and oxygen atoms in total. The van der Waals surface area contributed by atoms with Crippen molar-refractivity contribution in [2.75, 3.05) is 12.9 Å². The number of hydrogen-bond donors (Lipinski definition) is 3. The fourth-order valence-electron chi connectivity index (χ4n) is 1.72. The highest BCUT2D eigenvalue weighted by Gasteiger charge is 2.13. The summed E-state index contributed by atoms with van der Waals surface area (Å²) >= 11 is 2.07. The summed E-state index contributed by atoms with van der Waals surface area (Å²) in [7, 11) is 1.44. The zero-order valence-electron chi connectivity index (χ0n) is 10.8. The van der Waals surface area contributed by atoms with Gasteiger partial charge in [0.15, 0.2) is 11.1 Å². The lowest BCUT2D eigenvalue weighted by Crippen LogP contribution is -2.36. The Kier molecular flexibility index (Phi) is 6.33. The molecule has 2 N–H and O–H groups in total. The molecule has 1 rings (SSSR count). The zero-order chi connectivity index (χ0) is 14.4. The summed E-state index contributed by atoms with van der Waals surface area (Å²) in [4.78, 5) is 11.2. The topological polar surface area (TPSA) is 75.6 Å². The van der Waals surface area contributed by atoms with E-state index < -0.39 is 11.1 Å². The minimum Gasteiger partial charge on any atom is -0.495 e. The molecular formula is C12H17NO4S2. The van der Waals surface area contributed by atoms with E-state index in [4.69, 9.17) is 4.74 Å². The molecule has 0 aliphatic rings. The van der Waals surface area contributed by atoms with Crippen LogP contribution in [0.1, 0.15) is 12.5 Å². The van der Waals surface area contributed by atoms with Crippen molar-refractivity contribution in [1.29, 1.82) is 0 Å². The van der Waals surface area contributed by atoms with Gasteiger partial charge in [0.1, 0.15) is 10.6 Å². The van der Waals surface area contributed by atoms with Crippen molar-refractivity contribution in [2.24, 2.45) is 0 Å². The van der Waals surface area contributed by atoms with Gasteiger partial charge >= 0.3 is 0 Å². The molecule has 7 heteroatoms. The third-order valence-electron chi connectivity index (χ3n) is 2.53. The Bertz CT molecular complexity index is 479. The molecule has 0 aromatic heterocycles. The quantitative estimate of drug-likeness (QED) is 0.546. The van der Waals surface area contributed by atoms with Crippen LogP contribution >= 0.6 is 12.6 Å². The van der Waals surface area contributed by atoms with Crippen LogP contribution in [0.4, 0.5) is 0 Å². The second kappa shape index (κ2) is 7.52. The monoisotopic (exact) mass is 303 g/mol. The van der Waals surface area contributed by atoms with Gasteiger partial charge in [-0.2, -0.15) is 12.6 Å². The second-order valence-corrected chi connectivity index (χ2v) is 5.32. The molecule has 0 aliphatic carbocycles. The minimum absolute atomic E-state index is 0.116. The number of rotatable bonds is 6. The van der Waals surface area contributed by atoms with Crippen LogP contribution in [-0.4, -0.2) is 33.6 Å². The first-order valence-electron chi connectivity index (χ1n) is 5.63. The number of thiol groups is 1. The maximum absolute atomic E-state index is 11.2. The zero-order valence-corrected chi connectivity index (χ0v) is 12.5. The van der Waals surface area contributed by atoms with E-state index in [2.05, 4.69) is 17.9 Å². The average Bonchev–Trinajstić information content (AvgIpc) is 2.37. The van der Waals surface area contributed by atoms with Crippen LogP contribution in [0.5, 0.6) is 5.75 Å². The SMILES string of the molecule is COc1ccc(C[C@@H](CS)NC(C)=O)cc1S(=O)O. The Morgan fingerprint density at radius 1 is 1.58 bits per heavy atom. The highest BCUT2D eigenvalue weighted by molar-refractivity contribution is 7.80. The average molecular weight is 303 g/mol. The first-order valence-corrected chi connectivity index (χ1v) is 7.37. The number of nitrogens with one attached hydrogen (secondary N) is 1. The van der Waals surface area contributed by atoms with Gasteiger partial charge in [0.25, 0.3) is 0 Å². The largest absolute Gasteiger partial charge is 0.495 e. The predicted molar refractivity (Wildman–Crippen MR) is 77.2 cm³/mol. The van der Waals surface area contributed by atoms with Crippen molar-refractivity contribution in [3.63, 3.8) is 0 Å². The predicted octanol–water partition coefficient (Wildman–Crippen LogP) is 1.25. The van der Waals surface area contributed by atoms with Gasteiger partial charge < -0.3 is 14.6 Å². The normalized spacial score (nSPS) is 13.7. The van der Waals surface area contributed by atoms with Gasteiger partial charge in [0.2, 0.25) is 5.91 Å². The van der Waals surface area contributed by atoms with Crippen molar-refractivity contribution < 1.29 is 18.3 Å². The fourth-order valence-corrected chi connectivity index (χ4v) is 2.51. The van der Waals surface area contributed by atoms with Crippen molar-refractivity contribution in [3.05, 3.63) is 23.8 Å². The first kappa shape index (κ1) is 16.0. The van der Waals surface area contributed by atoms with Gasteiger partial charge in [-0.1, -0.05) is 6.07 Å². The number of carbonyl (C=O) groups excluding carboxylic acids is 1. The number of ether oxygens (including phenoxy) is 1. The third kappa shape index (κ3) is 4.85. The number of amides is 1. The molecule has 0 aliphatic heterocycles. The second-order valence-electron chi connectivity index (χ2n) is 4.02. The molecule has 0 saturated heterocycles. The van der Waals surface area contributed by atoms with E-state index >= 15 is 0 Å². The molecule has 0 heterocycles. The van der Waals surface area contributed by atoms with Gasteiger partial charge in [-0.05, 0) is 24.1 Å². The van der Waals surface area contributed by atoms with Gasteiger partial charge in [0, 0.05) is 18.7 Å². The van der Waals surface area contributed by atoms with Gasteiger partial charge in [-0.25, -0.2) is 4.21 Å².